The Labute approximate surface area is 111 Å². The molecule has 0 bridgehead atoms. The van der Waals surface area contributed by atoms with Gasteiger partial charge in [0.15, 0.2) is 4.90 Å². The Morgan fingerprint density at radius 2 is 1.68 bits per heavy atom. The number of aliphatic hydroxyl groups is 1. The van der Waals surface area contributed by atoms with Crippen LogP contribution in [0.15, 0.2) is 23.1 Å². The third kappa shape index (κ3) is 3.29. The van der Waals surface area contributed by atoms with Crippen molar-refractivity contribution in [1.29, 1.82) is 0 Å². The maximum absolute atomic E-state index is 13.5. The molecule has 19 heavy (non-hydrogen) atoms. The minimum absolute atomic E-state index is 0.301. The van der Waals surface area contributed by atoms with Gasteiger partial charge in [0.2, 0.25) is 10.0 Å². The Morgan fingerprint density at radius 1 is 1.21 bits per heavy atom. The second-order valence-corrected chi connectivity index (χ2v) is 5.92. The summed E-state index contributed by atoms with van der Waals surface area (Å²) < 4.78 is 53.3. The predicted octanol–water partition coefficient (Wildman–Crippen LogP) is 1.79. The molecule has 1 rings (SSSR count). The van der Waals surface area contributed by atoms with E-state index in [-0.39, 0.29) is 0 Å². The number of nitrogens with one attached hydrogen (secondary N) is 1. The fraction of sp³-hybridized carbons (Fsp3) is 0.500. The Morgan fingerprint density at radius 3 is 2.05 bits per heavy atom. The average molecular weight is 293 g/mol. The first kappa shape index (κ1) is 16.0. The van der Waals surface area contributed by atoms with Gasteiger partial charge in [-0.25, -0.2) is 21.9 Å². The molecule has 4 nitrogen and oxygen atoms in total. The molecule has 0 aliphatic heterocycles. The van der Waals surface area contributed by atoms with Crippen molar-refractivity contribution in [3.05, 3.63) is 29.8 Å². The molecule has 0 saturated heterocycles. The SMILES string of the molecule is CCC(CC)(CO)NS(=O)(=O)c1c(F)cccc1F. The van der Waals surface area contributed by atoms with Crippen LogP contribution in [0.1, 0.15) is 26.7 Å². The minimum atomic E-state index is -4.38. The minimum Gasteiger partial charge on any atom is -0.394 e. The van der Waals surface area contributed by atoms with E-state index in [1.807, 2.05) is 0 Å². The maximum Gasteiger partial charge on any atom is 0.247 e. The molecule has 0 radical (unpaired) electrons. The summed E-state index contributed by atoms with van der Waals surface area (Å²) in [6.07, 6.45) is 0.602. The molecule has 1 aromatic carbocycles. The molecule has 7 heteroatoms. The van der Waals surface area contributed by atoms with E-state index in [0.717, 1.165) is 18.2 Å². The molecule has 2 N–H and O–H groups in total. The molecule has 0 saturated carbocycles. The highest BCUT2D eigenvalue weighted by Gasteiger charge is 2.34. The molecule has 0 fully saturated rings. The van der Waals surface area contributed by atoms with Gasteiger partial charge in [0, 0.05) is 0 Å². The van der Waals surface area contributed by atoms with E-state index >= 15 is 0 Å². The van der Waals surface area contributed by atoms with Crippen molar-refractivity contribution in [2.24, 2.45) is 0 Å². The molecule has 0 heterocycles. The number of halogens is 2. The van der Waals surface area contributed by atoms with Crippen LogP contribution in [0.3, 0.4) is 0 Å². The second kappa shape index (κ2) is 5.94. The zero-order valence-corrected chi connectivity index (χ0v) is 11.6. The first-order valence-electron chi connectivity index (χ1n) is 5.90. The van der Waals surface area contributed by atoms with Crippen molar-refractivity contribution in [3.8, 4) is 0 Å². The molecule has 0 spiro atoms. The molecule has 0 aromatic heterocycles. The average Bonchev–Trinajstić information content (AvgIpc) is 2.35. The normalized spacial score (nSPS) is 12.7. The Hall–Kier alpha value is -1.05. The molecule has 108 valence electrons. The van der Waals surface area contributed by atoms with Gasteiger partial charge < -0.3 is 5.11 Å². The summed E-state index contributed by atoms with van der Waals surface area (Å²) in [6.45, 7) is 2.91. The van der Waals surface area contributed by atoms with Crippen molar-refractivity contribution >= 4 is 10.0 Å². The van der Waals surface area contributed by atoms with Crippen LogP contribution in [0.4, 0.5) is 8.78 Å². The van der Waals surface area contributed by atoms with Gasteiger partial charge in [-0.1, -0.05) is 19.9 Å². The number of hydrogen-bond donors (Lipinski definition) is 2. The van der Waals surface area contributed by atoms with Crippen LogP contribution in [-0.4, -0.2) is 25.7 Å². The Kier molecular flexibility index (Phi) is 5.00. The van der Waals surface area contributed by atoms with Crippen LogP contribution < -0.4 is 4.72 Å². The molecule has 0 aliphatic rings. The smallest absolute Gasteiger partial charge is 0.247 e. The van der Waals surface area contributed by atoms with E-state index in [0.29, 0.717) is 12.8 Å². The molecule has 0 unspecified atom stereocenters. The highest BCUT2D eigenvalue weighted by atomic mass is 32.2. The first-order valence-corrected chi connectivity index (χ1v) is 7.39. The Bertz CT molecular complexity index is 513. The van der Waals surface area contributed by atoms with E-state index in [4.69, 9.17) is 0 Å². The largest absolute Gasteiger partial charge is 0.394 e. The van der Waals surface area contributed by atoms with Crippen molar-refractivity contribution in [2.45, 2.75) is 37.1 Å². The summed E-state index contributed by atoms with van der Waals surface area (Å²) in [7, 11) is -4.38. The number of hydrogen-bond acceptors (Lipinski definition) is 3. The van der Waals surface area contributed by atoms with Gasteiger partial charge in [0.25, 0.3) is 0 Å². The molecular weight excluding hydrogens is 276 g/mol. The predicted molar refractivity (Wildman–Crippen MR) is 67.1 cm³/mol. The highest BCUT2D eigenvalue weighted by Crippen LogP contribution is 2.23. The van der Waals surface area contributed by atoms with E-state index in [1.54, 1.807) is 13.8 Å². The summed E-state index contributed by atoms with van der Waals surface area (Å²) in [5.74, 6) is -2.32. The van der Waals surface area contributed by atoms with Crippen LogP contribution in [0.25, 0.3) is 0 Å². The Balaban J connectivity index is 3.26. The topological polar surface area (TPSA) is 66.4 Å². The van der Waals surface area contributed by atoms with Gasteiger partial charge in [0.1, 0.15) is 11.6 Å². The summed E-state index contributed by atoms with van der Waals surface area (Å²) in [6, 6.07) is 2.83. The number of benzene rings is 1. The van der Waals surface area contributed by atoms with Crippen LogP contribution in [-0.2, 0) is 10.0 Å². The van der Waals surface area contributed by atoms with Gasteiger partial charge in [-0.2, -0.15) is 0 Å². The lowest BCUT2D eigenvalue weighted by molar-refractivity contribution is 0.172. The third-order valence-corrected chi connectivity index (χ3v) is 4.82. The molecule has 1 aromatic rings. The van der Waals surface area contributed by atoms with Crippen molar-refractivity contribution in [3.63, 3.8) is 0 Å². The monoisotopic (exact) mass is 293 g/mol. The van der Waals surface area contributed by atoms with Gasteiger partial charge in [-0.15, -0.1) is 0 Å². The lowest BCUT2D eigenvalue weighted by Crippen LogP contribution is -2.50. The number of rotatable bonds is 6. The van der Waals surface area contributed by atoms with Crippen LogP contribution in [0.5, 0.6) is 0 Å². The van der Waals surface area contributed by atoms with E-state index < -0.39 is 38.7 Å². The lowest BCUT2D eigenvalue weighted by Gasteiger charge is -2.30. The van der Waals surface area contributed by atoms with Crippen molar-refractivity contribution in [1.82, 2.24) is 4.72 Å². The maximum atomic E-state index is 13.5. The zero-order valence-electron chi connectivity index (χ0n) is 10.8. The first-order chi connectivity index (χ1) is 8.82. The summed E-state index contributed by atoms with van der Waals surface area (Å²) in [4.78, 5) is -1.02. The van der Waals surface area contributed by atoms with Gasteiger partial charge in [0.05, 0.1) is 12.1 Å². The number of aliphatic hydroxyl groups excluding tert-OH is 1. The number of sulfonamides is 1. The molecule has 0 amide bonds. The lowest BCUT2D eigenvalue weighted by atomic mass is 9.96. The second-order valence-electron chi connectivity index (χ2n) is 4.30. The summed E-state index contributed by atoms with van der Waals surface area (Å²) in [5, 5.41) is 9.31. The van der Waals surface area contributed by atoms with Crippen LogP contribution in [0, 0.1) is 11.6 Å². The molecular formula is C12H17F2NO3S. The van der Waals surface area contributed by atoms with Crippen molar-refractivity contribution in [2.75, 3.05) is 6.61 Å². The quantitative estimate of drug-likeness (QED) is 0.840. The van der Waals surface area contributed by atoms with E-state index in [2.05, 4.69) is 4.72 Å². The fourth-order valence-electron chi connectivity index (χ4n) is 1.73. The van der Waals surface area contributed by atoms with Gasteiger partial charge in [-0.3, -0.25) is 0 Å². The summed E-state index contributed by atoms with van der Waals surface area (Å²) >= 11 is 0. The van der Waals surface area contributed by atoms with Gasteiger partial charge in [-0.05, 0) is 25.0 Å². The zero-order chi connectivity index (χ0) is 14.7. The highest BCUT2D eigenvalue weighted by molar-refractivity contribution is 7.89. The van der Waals surface area contributed by atoms with Crippen molar-refractivity contribution < 1.29 is 22.3 Å². The summed E-state index contributed by atoms with van der Waals surface area (Å²) in [5.41, 5.74) is -1.12. The van der Waals surface area contributed by atoms with E-state index in [1.165, 1.54) is 0 Å². The van der Waals surface area contributed by atoms with Crippen LogP contribution >= 0.6 is 0 Å². The van der Waals surface area contributed by atoms with Crippen LogP contribution in [0.2, 0.25) is 0 Å². The third-order valence-electron chi connectivity index (χ3n) is 3.19. The van der Waals surface area contributed by atoms with Gasteiger partial charge >= 0.3 is 0 Å². The fourth-order valence-corrected chi connectivity index (χ4v) is 3.40. The van der Waals surface area contributed by atoms with E-state index in [9.17, 15) is 22.3 Å². The molecule has 0 aliphatic carbocycles. The standard InChI is InChI=1S/C12H17F2NO3S/c1-3-12(4-2,8-16)15-19(17,18)11-9(13)6-5-7-10(11)14/h5-7,15-16H,3-4,8H2,1-2H3. The molecule has 0 atom stereocenters.